The van der Waals surface area contributed by atoms with Crippen molar-refractivity contribution in [3.05, 3.63) is 82.4 Å². The lowest BCUT2D eigenvalue weighted by Gasteiger charge is -2.39. The topological polar surface area (TPSA) is 92.5 Å². The summed E-state index contributed by atoms with van der Waals surface area (Å²) in [5.74, 6) is -0.622. The summed E-state index contributed by atoms with van der Waals surface area (Å²) in [5, 5.41) is 20.0. The molecule has 0 atom stereocenters. The minimum Gasteiger partial charge on any atom is -0.506 e. The Morgan fingerprint density at radius 3 is 1.17 bits per heavy atom. The third-order valence-electron chi connectivity index (χ3n) is 6.44. The highest BCUT2D eigenvalue weighted by Crippen LogP contribution is 2.53. The standard InChI is InChI=1S/C28H33F3N2O2/c1-25(2,3)18-11-19(26(4,5)6)13-20(12-18)27(28(29,30)31,16-7-9-23(34)21(32)14-16)17-8-10-24(35)22(33)15-17/h7-15,34-35H,32-33H2,1-6H3. The second kappa shape index (κ2) is 8.40. The zero-order valence-corrected chi connectivity index (χ0v) is 20.9. The molecule has 4 nitrogen and oxygen atoms in total. The van der Waals surface area contributed by atoms with E-state index in [-0.39, 0.29) is 39.6 Å². The number of hydrogen-bond donors (Lipinski definition) is 4. The van der Waals surface area contributed by atoms with Crippen LogP contribution < -0.4 is 11.5 Å². The van der Waals surface area contributed by atoms with Gasteiger partial charge in [-0.05, 0) is 62.9 Å². The SMILES string of the molecule is CC(C)(C)c1cc(C(C)(C)C)cc(C(c2ccc(O)c(N)c2)(c2ccc(O)c(N)c2)C(F)(F)F)c1. The van der Waals surface area contributed by atoms with E-state index in [0.717, 1.165) is 35.4 Å². The Morgan fingerprint density at radius 2 is 0.886 bits per heavy atom. The zero-order valence-electron chi connectivity index (χ0n) is 20.9. The molecular formula is C28H33F3N2O2. The van der Waals surface area contributed by atoms with Gasteiger partial charge in [0.05, 0.1) is 11.4 Å². The number of halogens is 3. The molecule has 0 unspecified atom stereocenters. The molecule has 0 heterocycles. The molecule has 0 radical (unpaired) electrons. The Kier molecular flexibility index (Phi) is 6.30. The maximum Gasteiger partial charge on any atom is 0.406 e. The van der Waals surface area contributed by atoms with Crippen molar-refractivity contribution in [2.45, 2.75) is 64.0 Å². The minimum atomic E-state index is -4.84. The lowest BCUT2D eigenvalue weighted by Crippen LogP contribution is -2.45. The van der Waals surface area contributed by atoms with E-state index in [1.807, 2.05) is 47.6 Å². The smallest absolute Gasteiger partial charge is 0.406 e. The summed E-state index contributed by atoms with van der Waals surface area (Å²) < 4.78 is 46.6. The van der Waals surface area contributed by atoms with Crippen molar-refractivity contribution in [2.24, 2.45) is 0 Å². The first kappa shape index (κ1) is 26.3. The summed E-state index contributed by atoms with van der Waals surface area (Å²) in [6.07, 6.45) is -4.84. The first-order valence-corrected chi connectivity index (χ1v) is 11.3. The Morgan fingerprint density at radius 1 is 0.543 bits per heavy atom. The Hall–Kier alpha value is -3.35. The molecule has 35 heavy (non-hydrogen) atoms. The van der Waals surface area contributed by atoms with Crippen molar-refractivity contribution >= 4 is 11.4 Å². The number of alkyl halides is 3. The summed E-state index contributed by atoms with van der Waals surface area (Å²) in [5.41, 5.74) is 9.01. The van der Waals surface area contributed by atoms with Crippen LogP contribution in [-0.4, -0.2) is 16.4 Å². The van der Waals surface area contributed by atoms with Crippen LogP contribution in [0.1, 0.15) is 69.4 Å². The molecule has 0 saturated heterocycles. The zero-order chi connectivity index (χ0) is 26.6. The van der Waals surface area contributed by atoms with Gasteiger partial charge >= 0.3 is 6.18 Å². The van der Waals surface area contributed by atoms with E-state index < -0.39 is 22.4 Å². The van der Waals surface area contributed by atoms with E-state index in [0.29, 0.717) is 0 Å². The third-order valence-corrected chi connectivity index (χ3v) is 6.44. The summed E-state index contributed by atoms with van der Waals surface area (Å²) in [6, 6.07) is 12.2. The monoisotopic (exact) mass is 486 g/mol. The van der Waals surface area contributed by atoms with Gasteiger partial charge in [0.2, 0.25) is 0 Å². The van der Waals surface area contributed by atoms with Gasteiger partial charge in [-0.1, -0.05) is 71.9 Å². The van der Waals surface area contributed by atoms with Gasteiger partial charge < -0.3 is 21.7 Å². The van der Waals surface area contributed by atoms with Crippen LogP contribution in [-0.2, 0) is 16.2 Å². The molecule has 0 aromatic heterocycles. The molecule has 0 saturated carbocycles. The van der Waals surface area contributed by atoms with Crippen LogP contribution >= 0.6 is 0 Å². The molecule has 0 aliphatic rings. The van der Waals surface area contributed by atoms with Gasteiger partial charge in [0.15, 0.2) is 0 Å². The maximum absolute atomic E-state index is 15.5. The highest BCUT2D eigenvalue weighted by atomic mass is 19.4. The first-order valence-electron chi connectivity index (χ1n) is 11.3. The number of rotatable bonds is 3. The fraction of sp³-hybridized carbons (Fsp3) is 0.357. The Bertz CT molecular complexity index is 1170. The minimum absolute atomic E-state index is 0.00229. The van der Waals surface area contributed by atoms with Crippen LogP contribution in [0, 0.1) is 0 Å². The Balaban J connectivity index is 2.60. The number of hydrogen-bond acceptors (Lipinski definition) is 4. The predicted octanol–water partition coefficient (Wildman–Crippen LogP) is 6.75. The summed E-state index contributed by atoms with van der Waals surface area (Å²) in [6.45, 7) is 11.7. The van der Waals surface area contributed by atoms with E-state index in [9.17, 15) is 10.2 Å². The summed E-state index contributed by atoms with van der Waals surface area (Å²) in [7, 11) is 0. The largest absolute Gasteiger partial charge is 0.506 e. The molecule has 0 fully saturated rings. The molecule has 3 rings (SSSR count). The number of phenols is 2. The molecule has 0 bridgehead atoms. The highest BCUT2D eigenvalue weighted by molar-refractivity contribution is 5.64. The van der Waals surface area contributed by atoms with Crippen molar-refractivity contribution in [1.29, 1.82) is 0 Å². The second-order valence-corrected chi connectivity index (χ2v) is 11.1. The molecule has 0 spiro atoms. The van der Waals surface area contributed by atoms with E-state index in [1.54, 1.807) is 12.1 Å². The van der Waals surface area contributed by atoms with E-state index in [4.69, 9.17) is 11.5 Å². The summed E-state index contributed by atoms with van der Waals surface area (Å²) in [4.78, 5) is 0. The number of nitrogen functional groups attached to an aromatic ring is 2. The van der Waals surface area contributed by atoms with Crippen LogP contribution in [0.3, 0.4) is 0 Å². The number of benzene rings is 3. The average molecular weight is 487 g/mol. The quantitative estimate of drug-likeness (QED) is 0.187. The van der Waals surface area contributed by atoms with E-state index in [1.165, 1.54) is 12.1 Å². The van der Waals surface area contributed by atoms with Crippen molar-refractivity contribution in [3.63, 3.8) is 0 Å². The van der Waals surface area contributed by atoms with Gasteiger partial charge in [-0.2, -0.15) is 13.2 Å². The van der Waals surface area contributed by atoms with Crippen LogP contribution in [0.4, 0.5) is 24.5 Å². The fourth-order valence-electron chi connectivity index (χ4n) is 4.28. The van der Waals surface area contributed by atoms with Gasteiger partial charge in [0, 0.05) is 0 Å². The van der Waals surface area contributed by atoms with E-state index in [2.05, 4.69) is 0 Å². The summed E-state index contributed by atoms with van der Waals surface area (Å²) >= 11 is 0. The third kappa shape index (κ3) is 4.64. The van der Waals surface area contributed by atoms with Crippen LogP contribution in [0.25, 0.3) is 0 Å². The van der Waals surface area contributed by atoms with Crippen molar-refractivity contribution in [1.82, 2.24) is 0 Å². The molecule has 0 aliphatic heterocycles. The molecule has 0 aliphatic carbocycles. The maximum atomic E-state index is 15.5. The number of phenolic OH excluding ortho intramolecular Hbond substituents is 2. The predicted molar refractivity (Wildman–Crippen MR) is 135 cm³/mol. The van der Waals surface area contributed by atoms with Gasteiger partial charge in [-0.3, -0.25) is 0 Å². The second-order valence-electron chi connectivity index (χ2n) is 11.1. The molecule has 188 valence electrons. The van der Waals surface area contributed by atoms with Gasteiger partial charge in [0.1, 0.15) is 16.9 Å². The first-order chi connectivity index (χ1) is 15.9. The van der Waals surface area contributed by atoms with Gasteiger partial charge in [-0.25, -0.2) is 0 Å². The van der Waals surface area contributed by atoms with Crippen molar-refractivity contribution < 1.29 is 23.4 Å². The average Bonchev–Trinajstić information content (AvgIpc) is 2.71. The van der Waals surface area contributed by atoms with Gasteiger partial charge in [0.25, 0.3) is 0 Å². The molecule has 3 aromatic carbocycles. The molecule has 3 aromatic rings. The van der Waals surface area contributed by atoms with E-state index >= 15 is 13.2 Å². The lowest BCUT2D eigenvalue weighted by molar-refractivity contribution is -0.166. The number of aromatic hydroxyl groups is 2. The van der Waals surface area contributed by atoms with Crippen LogP contribution in [0.2, 0.25) is 0 Å². The highest BCUT2D eigenvalue weighted by Gasteiger charge is 2.59. The number of nitrogens with two attached hydrogens (primary N) is 2. The lowest BCUT2D eigenvalue weighted by atomic mass is 9.66. The molecule has 0 amide bonds. The van der Waals surface area contributed by atoms with Gasteiger partial charge in [-0.15, -0.1) is 0 Å². The Labute approximate surface area is 204 Å². The molecule has 6 N–H and O–H groups in total. The molecule has 7 heteroatoms. The normalized spacial score (nSPS) is 13.2. The van der Waals surface area contributed by atoms with Crippen LogP contribution in [0.15, 0.2) is 54.6 Å². The fourth-order valence-corrected chi connectivity index (χ4v) is 4.28. The van der Waals surface area contributed by atoms with Crippen LogP contribution in [0.5, 0.6) is 11.5 Å². The van der Waals surface area contributed by atoms with Crippen molar-refractivity contribution in [3.8, 4) is 11.5 Å². The van der Waals surface area contributed by atoms with Crippen molar-refractivity contribution in [2.75, 3.05) is 11.5 Å². The number of anilines is 2. The molecular weight excluding hydrogens is 453 g/mol.